The molecule has 1 aromatic heterocycles. The van der Waals surface area contributed by atoms with Crippen LogP contribution in [0.5, 0.6) is 0 Å². The first-order valence-corrected chi connectivity index (χ1v) is 5.86. The normalized spacial score (nSPS) is 11.3. The highest BCUT2D eigenvalue weighted by molar-refractivity contribution is 5.43. The van der Waals surface area contributed by atoms with Crippen molar-refractivity contribution in [2.45, 2.75) is 46.5 Å². The molecule has 15 heavy (non-hydrogen) atoms. The van der Waals surface area contributed by atoms with Gasteiger partial charge in [0.05, 0.1) is 5.69 Å². The average molecular weight is 209 g/mol. The summed E-state index contributed by atoms with van der Waals surface area (Å²) in [4.78, 5) is 0. The second-order valence-corrected chi connectivity index (χ2v) is 4.62. The lowest BCUT2D eigenvalue weighted by molar-refractivity contribution is 0.574. The minimum absolute atomic E-state index is 0.725. The first-order valence-electron chi connectivity index (χ1n) is 5.86. The summed E-state index contributed by atoms with van der Waals surface area (Å²) in [5.74, 6) is 1.57. The van der Waals surface area contributed by atoms with Crippen LogP contribution in [0.3, 0.4) is 0 Å². The molecule has 0 aliphatic carbocycles. The minimum atomic E-state index is 0.725. The maximum Gasteiger partial charge on any atom is 0.124 e. The molecule has 1 rings (SSSR count). The molecule has 0 aliphatic rings. The van der Waals surface area contributed by atoms with Gasteiger partial charge in [-0.25, -0.2) is 0 Å². The molecule has 0 unspecified atom stereocenters. The van der Waals surface area contributed by atoms with Gasteiger partial charge in [-0.1, -0.05) is 27.2 Å². The van der Waals surface area contributed by atoms with Gasteiger partial charge in [0, 0.05) is 12.6 Å². The van der Waals surface area contributed by atoms with Crippen LogP contribution in [-0.4, -0.2) is 9.78 Å². The van der Waals surface area contributed by atoms with Crippen molar-refractivity contribution in [2.24, 2.45) is 13.0 Å². The van der Waals surface area contributed by atoms with E-state index < -0.39 is 0 Å². The van der Waals surface area contributed by atoms with Crippen molar-refractivity contribution < 1.29 is 0 Å². The first kappa shape index (κ1) is 12.1. The predicted octanol–water partition coefficient (Wildman–Crippen LogP) is 2.54. The number of nitrogens with two attached hydrogens (primary N) is 1. The Morgan fingerprint density at radius 1 is 1.33 bits per heavy atom. The van der Waals surface area contributed by atoms with Crippen LogP contribution in [0.15, 0.2) is 0 Å². The van der Waals surface area contributed by atoms with Crippen molar-refractivity contribution >= 4 is 5.82 Å². The summed E-state index contributed by atoms with van der Waals surface area (Å²) >= 11 is 0. The molecular weight excluding hydrogens is 186 g/mol. The number of rotatable bonds is 5. The molecule has 0 radical (unpaired) electrons. The van der Waals surface area contributed by atoms with E-state index in [4.69, 9.17) is 5.73 Å². The number of hydrogen-bond acceptors (Lipinski definition) is 2. The number of nitrogen functional groups attached to an aromatic ring is 1. The molecule has 0 bridgehead atoms. The lowest BCUT2D eigenvalue weighted by Gasteiger charge is -2.04. The zero-order chi connectivity index (χ0) is 11.4. The van der Waals surface area contributed by atoms with Crippen LogP contribution in [-0.2, 0) is 19.9 Å². The van der Waals surface area contributed by atoms with E-state index in [0.29, 0.717) is 0 Å². The van der Waals surface area contributed by atoms with Gasteiger partial charge in [-0.3, -0.25) is 4.68 Å². The minimum Gasteiger partial charge on any atom is -0.384 e. The van der Waals surface area contributed by atoms with Crippen molar-refractivity contribution in [3.63, 3.8) is 0 Å². The van der Waals surface area contributed by atoms with Gasteiger partial charge in [0.25, 0.3) is 0 Å². The van der Waals surface area contributed by atoms with Crippen LogP contribution < -0.4 is 5.73 Å². The highest BCUT2D eigenvalue weighted by atomic mass is 15.3. The summed E-state index contributed by atoms with van der Waals surface area (Å²) in [6.07, 6.45) is 4.42. The maximum absolute atomic E-state index is 6.00. The maximum atomic E-state index is 6.00. The largest absolute Gasteiger partial charge is 0.384 e. The summed E-state index contributed by atoms with van der Waals surface area (Å²) in [5.41, 5.74) is 8.46. The molecule has 3 nitrogen and oxygen atoms in total. The fourth-order valence-corrected chi connectivity index (χ4v) is 1.79. The van der Waals surface area contributed by atoms with Gasteiger partial charge < -0.3 is 5.73 Å². The number of nitrogens with zero attached hydrogens (tertiary/aromatic N) is 2. The Kier molecular flexibility index (Phi) is 4.18. The molecule has 0 fully saturated rings. The van der Waals surface area contributed by atoms with Crippen LogP contribution in [0.25, 0.3) is 0 Å². The quantitative estimate of drug-likeness (QED) is 0.810. The van der Waals surface area contributed by atoms with Crippen molar-refractivity contribution in [2.75, 3.05) is 5.73 Å². The van der Waals surface area contributed by atoms with Crippen molar-refractivity contribution in [3.8, 4) is 0 Å². The number of anilines is 1. The van der Waals surface area contributed by atoms with Crippen LogP contribution in [0.2, 0.25) is 0 Å². The van der Waals surface area contributed by atoms with Gasteiger partial charge in [-0.15, -0.1) is 0 Å². The molecule has 2 N–H and O–H groups in total. The third-order valence-electron chi connectivity index (χ3n) is 2.74. The fourth-order valence-electron chi connectivity index (χ4n) is 1.79. The van der Waals surface area contributed by atoms with Gasteiger partial charge in [-0.05, 0) is 25.2 Å². The standard InChI is InChI=1S/C12H23N3/c1-5-6-10-11(8-7-9(2)3)14-15(4)12(10)13/h9H,5-8,13H2,1-4H3. The van der Waals surface area contributed by atoms with E-state index in [1.807, 2.05) is 7.05 Å². The molecule has 1 aromatic rings. The predicted molar refractivity (Wildman–Crippen MR) is 64.8 cm³/mol. The van der Waals surface area contributed by atoms with Gasteiger partial charge in [0.1, 0.15) is 5.82 Å². The molecule has 0 atom stereocenters. The number of aryl methyl sites for hydroxylation is 2. The fraction of sp³-hybridized carbons (Fsp3) is 0.750. The van der Waals surface area contributed by atoms with Gasteiger partial charge in [0.15, 0.2) is 0 Å². The molecule has 86 valence electrons. The summed E-state index contributed by atoms with van der Waals surface area (Å²) in [6.45, 7) is 6.66. The van der Waals surface area contributed by atoms with Crippen molar-refractivity contribution in [1.82, 2.24) is 9.78 Å². The third-order valence-corrected chi connectivity index (χ3v) is 2.74. The van der Waals surface area contributed by atoms with E-state index >= 15 is 0 Å². The molecule has 0 saturated heterocycles. The van der Waals surface area contributed by atoms with Crippen molar-refractivity contribution in [1.29, 1.82) is 0 Å². The van der Waals surface area contributed by atoms with Crippen LogP contribution in [0, 0.1) is 5.92 Å². The molecular formula is C12H23N3. The monoisotopic (exact) mass is 209 g/mol. The Bertz CT molecular complexity index is 313. The summed E-state index contributed by atoms with van der Waals surface area (Å²) in [6, 6.07) is 0. The molecule has 0 saturated carbocycles. The zero-order valence-electron chi connectivity index (χ0n) is 10.4. The molecule has 1 heterocycles. The van der Waals surface area contributed by atoms with E-state index in [1.165, 1.54) is 17.7 Å². The Balaban J connectivity index is 2.81. The molecule has 0 amide bonds. The van der Waals surface area contributed by atoms with Gasteiger partial charge in [-0.2, -0.15) is 5.10 Å². The SMILES string of the molecule is CCCc1c(CCC(C)C)nn(C)c1N. The highest BCUT2D eigenvalue weighted by Crippen LogP contribution is 2.20. The third kappa shape index (κ3) is 2.98. The summed E-state index contributed by atoms with van der Waals surface area (Å²) in [7, 11) is 1.92. The number of hydrogen-bond donors (Lipinski definition) is 1. The van der Waals surface area contributed by atoms with E-state index in [0.717, 1.165) is 31.0 Å². The average Bonchev–Trinajstić information content (AvgIpc) is 2.43. The molecule has 0 aromatic carbocycles. The van der Waals surface area contributed by atoms with Gasteiger partial charge in [0.2, 0.25) is 0 Å². The van der Waals surface area contributed by atoms with E-state index in [-0.39, 0.29) is 0 Å². The van der Waals surface area contributed by atoms with Crippen molar-refractivity contribution in [3.05, 3.63) is 11.3 Å². The topological polar surface area (TPSA) is 43.8 Å². The van der Waals surface area contributed by atoms with E-state index in [1.54, 1.807) is 4.68 Å². The smallest absolute Gasteiger partial charge is 0.124 e. The Labute approximate surface area is 92.7 Å². The van der Waals surface area contributed by atoms with E-state index in [9.17, 15) is 0 Å². The van der Waals surface area contributed by atoms with Crippen LogP contribution in [0.4, 0.5) is 5.82 Å². The van der Waals surface area contributed by atoms with Crippen LogP contribution >= 0.6 is 0 Å². The first-order chi connectivity index (χ1) is 7.06. The molecule has 3 heteroatoms. The lowest BCUT2D eigenvalue weighted by atomic mass is 10.0. The Morgan fingerprint density at radius 2 is 2.00 bits per heavy atom. The Morgan fingerprint density at radius 3 is 2.53 bits per heavy atom. The van der Waals surface area contributed by atoms with Crippen LogP contribution in [0.1, 0.15) is 44.9 Å². The zero-order valence-corrected chi connectivity index (χ0v) is 10.4. The lowest BCUT2D eigenvalue weighted by Crippen LogP contribution is -1.99. The second-order valence-electron chi connectivity index (χ2n) is 4.62. The van der Waals surface area contributed by atoms with Gasteiger partial charge >= 0.3 is 0 Å². The van der Waals surface area contributed by atoms with E-state index in [2.05, 4.69) is 25.9 Å². The summed E-state index contributed by atoms with van der Waals surface area (Å²) in [5, 5.41) is 4.49. The number of aromatic nitrogens is 2. The molecule has 0 aliphatic heterocycles. The Hall–Kier alpha value is -0.990. The second kappa shape index (κ2) is 5.19. The molecule has 0 spiro atoms. The highest BCUT2D eigenvalue weighted by Gasteiger charge is 2.12. The summed E-state index contributed by atoms with van der Waals surface area (Å²) < 4.78 is 1.81.